The predicted octanol–water partition coefficient (Wildman–Crippen LogP) is 4.77. The Balaban J connectivity index is 4.59. The van der Waals surface area contributed by atoms with Gasteiger partial charge in [-0.15, -0.1) is 0 Å². The second kappa shape index (κ2) is 9.90. The molecule has 17 heavy (non-hydrogen) atoms. The van der Waals surface area contributed by atoms with Crippen LogP contribution < -0.4 is 0 Å². The first-order valence-corrected chi connectivity index (χ1v) is 7.44. The molecule has 2 nitrogen and oxygen atoms in total. The summed E-state index contributed by atoms with van der Waals surface area (Å²) in [6, 6.07) is 0. The lowest BCUT2D eigenvalue weighted by atomic mass is 9.90. The molecular weight excluding hydrogens is 212 g/mol. The van der Waals surface area contributed by atoms with Crippen molar-refractivity contribution in [3.63, 3.8) is 0 Å². The lowest BCUT2D eigenvalue weighted by molar-refractivity contribution is -0.266. The van der Waals surface area contributed by atoms with Gasteiger partial charge in [-0.25, -0.2) is 0 Å². The highest BCUT2D eigenvalue weighted by atomic mass is 16.7. The van der Waals surface area contributed by atoms with Crippen molar-refractivity contribution in [1.29, 1.82) is 0 Å². The van der Waals surface area contributed by atoms with Crippen LogP contribution in [0.5, 0.6) is 0 Å². The molecule has 0 fully saturated rings. The van der Waals surface area contributed by atoms with Crippen LogP contribution in [0.3, 0.4) is 0 Å². The normalized spacial score (nSPS) is 13.9. The Morgan fingerprint density at radius 1 is 0.882 bits per heavy atom. The topological polar surface area (TPSA) is 18.5 Å². The molecule has 0 aliphatic carbocycles. The van der Waals surface area contributed by atoms with Gasteiger partial charge in [0.2, 0.25) is 0 Å². The fourth-order valence-electron chi connectivity index (χ4n) is 2.36. The molecule has 2 heteroatoms. The van der Waals surface area contributed by atoms with E-state index >= 15 is 0 Å². The number of unbranched alkanes of at least 4 members (excludes halogenated alkanes) is 2. The Kier molecular flexibility index (Phi) is 9.85. The summed E-state index contributed by atoms with van der Waals surface area (Å²) in [5, 5.41) is 0. The van der Waals surface area contributed by atoms with E-state index in [-0.39, 0.29) is 5.79 Å². The third-order valence-corrected chi connectivity index (χ3v) is 3.40. The zero-order valence-corrected chi connectivity index (χ0v) is 12.6. The van der Waals surface area contributed by atoms with Gasteiger partial charge in [0.1, 0.15) is 0 Å². The molecule has 0 aliphatic heterocycles. The van der Waals surface area contributed by atoms with E-state index in [0.717, 1.165) is 19.6 Å². The lowest BCUT2D eigenvalue weighted by Gasteiger charge is -2.38. The van der Waals surface area contributed by atoms with E-state index in [9.17, 15) is 0 Å². The second-order valence-corrected chi connectivity index (χ2v) is 4.82. The number of hydrogen-bond donors (Lipinski definition) is 0. The molecule has 0 aromatic carbocycles. The summed E-state index contributed by atoms with van der Waals surface area (Å²) in [5.41, 5.74) is 0. The molecule has 0 radical (unpaired) electrons. The Labute approximate surface area is 108 Å². The summed E-state index contributed by atoms with van der Waals surface area (Å²) in [7, 11) is 0. The zero-order chi connectivity index (χ0) is 13.1. The average molecular weight is 244 g/mol. The summed E-state index contributed by atoms with van der Waals surface area (Å²) in [6.45, 7) is 12.3. The molecular formula is C15H32O2. The molecule has 1 atom stereocenters. The first-order valence-electron chi connectivity index (χ1n) is 7.44. The maximum Gasteiger partial charge on any atom is 0.170 e. The van der Waals surface area contributed by atoms with Gasteiger partial charge in [-0.2, -0.15) is 0 Å². The summed E-state index contributed by atoms with van der Waals surface area (Å²) < 4.78 is 12.0. The molecule has 104 valence electrons. The number of ether oxygens (including phenoxy) is 2. The van der Waals surface area contributed by atoms with Crippen molar-refractivity contribution in [3.05, 3.63) is 0 Å². The Hall–Kier alpha value is -0.0800. The average Bonchev–Trinajstić information content (AvgIpc) is 2.33. The SMILES string of the molecule is CCCCC(C)C(CCCC)(OCC)OCC. The van der Waals surface area contributed by atoms with Crippen LogP contribution in [0.25, 0.3) is 0 Å². The molecule has 0 aromatic rings. The molecule has 0 aliphatic rings. The van der Waals surface area contributed by atoms with E-state index in [1.165, 1.54) is 32.1 Å². The Bertz CT molecular complexity index is 162. The number of rotatable bonds is 11. The Morgan fingerprint density at radius 2 is 1.41 bits per heavy atom. The predicted molar refractivity (Wildman–Crippen MR) is 74.2 cm³/mol. The summed E-state index contributed by atoms with van der Waals surface area (Å²) in [5.74, 6) is 0.142. The van der Waals surface area contributed by atoms with Gasteiger partial charge in [0, 0.05) is 25.6 Å². The fourth-order valence-corrected chi connectivity index (χ4v) is 2.36. The smallest absolute Gasteiger partial charge is 0.170 e. The van der Waals surface area contributed by atoms with Gasteiger partial charge in [0.25, 0.3) is 0 Å². The third-order valence-electron chi connectivity index (χ3n) is 3.40. The standard InChI is InChI=1S/C15H32O2/c1-6-10-12-14(5)15(16-8-3,17-9-4)13-11-7-2/h14H,6-13H2,1-5H3. The van der Waals surface area contributed by atoms with Gasteiger partial charge in [-0.1, -0.05) is 40.0 Å². The van der Waals surface area contributed by atoms with E-state index in [1.807, 2.05) is 0 Å². The molecule has 1 unspecified atom stereocenters. The summed E-state index contributed by atoms with van der Waals surface area (Å²) in [6.07, 6.45) is 7.09. The van der Waals surface area contributed by atoms with Crippen LogP contribution in [0, 0.1) is 5.92 Å². The fraction of sp³-hybridized carbons (Fsp3) is 1.00. The van der Waals surface area contributed by atoms with Crippen molar-refractivity contribution in [2.45, 2.75) is 78.9 Å². The summed E-state index contributed by atoms with van der Waals surface area (Å²) >= 11 is 0. The van der Waals surface area contributed by atoms with Gasteiger partial charge in [-0.3, -0.25) is 0 Å². The van der Waals surface area contributed by atoms with E-state index in [4.69, 9.17) is 9.47 Å². The zero-order valence-electron chi connectivity index (χ0n) is 12.6. The van der Waals surface area contributed by atoms with Crippen LogP contribution >= 0.6 is 0 Å². The second-order valence-electron chi connectivity index (χ2n) is 4.82. The third kappa shape index (κ3) is 5.87. The highest BCUT2D eigenvalue weighted by molar-refractivity contribution is 4.77. The molecule has 0 amide bonds. The minimum Gasteiger partial charge on any atom is -0.350 e. The largest absolute Gasteiger partial charge is 0.350 e. The van der Waals surface area contributed by atoms with E-state index in [2.05, 4.69) is 34.6 Å². The first-order chi connectivity index (χ1) is 8.16. The minimum atomic E-state index is -0.339. The quantitative estimate of drug-likeness (QED) is 0.487. The molecule has 0 aromatic heterocycles. The lowest BCUT2D eigenvalue weighted by Crippen LogP contribution is -2.42. The number of hydrogen-bond acceptors (Lipinski definition) is 2. The molecule has 0 spiro atoms. The molecule has 0 saturated carbocycles. The van der Waals surface area contributed by atoms with Crippen molar-refractivity contribution in [1.82, 2.24) is 0 Å². The van der Waals surface area contributed by atoms with E-state index < -0.39 is 0 Å². The van der Waals surface area contributed by atoms with Gasteiger partial charge >= 0.3 is 0 Å². The molecule has 0 rings (SSSR count). The molecule has 0 bridgehead atoms. The van der Waals surface area contributed by atoms with Crippen LogP contribution in [0.4, 0.5) is 0 Å². The van der Waals surface area contributed by atoms with Crippen molar-refractivity contribution < 1.29 is 9.47 Å². The molecule has 0 heterocycles. The Morgan fingerprint density at radius 3 is 1.82 bits per heavy atom. The van der Waals surface area contributed by atoms with Gasteiger partial charge in [-0.05, 0) is 26.7 Å². The molecule has 0 N–H and O–H groups in total. The van der Waals surface area contributed by atoms with Crippen LogP contribution in [0.1, 0.15) is 73.1 Å². The van der Waals surface area contributed by atoms with Crippen LogP contribution in [0.2, 0.25) is 0 Å². The van der Waals surface area contributed by atoms with Gasteiger partial charge < -0.3 is 9.47 Å². The summed E-state index contributed by atoms with van der Waals surface area (Å²) in [4.78, 5) is 0. The van der Waals surface area contributed by atoms with E-state index in [0.29, 0.717) is 5.92 Å². The van der Waals surface area contributed by atoms with Crippen LogP contribution in [0.15, 0.2) is 0 Å². The highest BCUT2D eigenvalue weighted by Gasteiger charge is 2.36. The van der Waals surface area contributed by atoms with Crippen LogP contribution in [-0.2, 0) is 9.47 Å². The van der Waals surface area contributed by atoms with Crippen molar-refractivity contribution in [3.8, 4) is 0 Å². The minimum absolute atomic E-state index is 0.339. The van der Waals surface area contributed by atoms with Crippen molar-refractivity contribution in [2.75, 3.05) is 13.2 Å². The maximum atomic E-state index is 6.01. The monoisotopic (exact) mass is 244 g/mol. The van der Waals surface area contributed by atoms with E-state index in [1.54, 1.807) is 0 Å². The van der Waals surface area contributed by atoms with Gasteiger partial charge in [0.15, 0.2) is 5.79 Å². The first kappa shape index (κ1) is 16.9. The van der Waals surface area contributed by atoms with Crippen molar-refractivity contribution in [2.24, 2.45) is 5.92 Å². The molecule has 0 saturated heterocycles. The maximum absolute atomic E-state index is 6.01. The van der Waals surface area contributed by atoms with Crippen molar-refractivity contribution >= 4 is 0 Å². The van der Waals surface area contributed by atoms with Gasteiger partial charge in [0.05, 0.1) is 0 Å². The van der Waals surface area contributed by atoms with Crippen LogP contribution in [-0.4, -0.2) is 19.0 Å². The highest BCUT2D eigenvalue weighted by Crippen LogP contribution is 2.33.